The number of aryl methyl sites for hydroxylation is 1. The Morgan fingerprint density at radius 3 is 2.25 bits per heavy atom. The molecule has 0 radical (unpaired) electrons. The van der Waals surface area contributed by atoms with Crippen LogP contribution in [-0.4, -0.2) is 49.7 Å². The SMILES string of the molecule is CCCCc1ccc(S(=O)(=O)N2CCN(C(=O)C3CC3)CC2)cc1. The first-order chi connectivity index (χ1) is 11.5. The summed E-state index contributed by atoms with van der Waals surface area (Å²) in [5, 5.41) is 0. The van der Waals surface area contributed by atoms with E-state index in [4.69, 9.17) is 0 Å². The lowest BCUT2D eigenvalue weighted by atomic mass is 10.1. The minimum atomic E-state index is -3.46. The molecule has 1 aromatic rings. The molecule has 132 valence electrons. The van der Waals surface area contributed by atoms with E-state index in [9.17, 15) is 13.2 Å². The summed E-state index contributed by atoms with van der Waals surface area (Å²) < 4.78 is 27.0. The normalized spacial score (nSPS) is 19.5. The van der Waals surface area contributed by atoms with Crippen molar-refractivity contribution in [2.45, 2.75) is 43.9 Å². The number of piperazine rings is 1. The Kier molecular flexibility index (Phi) is 5.25. The van der Waals surface area contributed by atoms with Crippen LogP contribution in [0.25, 0.3) is 0 Å². The van der Waals surface area contributed by atoms with Gasteiger partial charge in [-0.2, -0.15) is 4.31 Å². The highest BCUT2D eigenvalue weighted by Gasteiger charge is 2.36. The molecule has 1 heterocycles. The number of rotatable bonds is 6. The lowest BCUT2D eigenvalue weighted by Gasteiger charge is -2.34. The van der Waals surface area contributed by atoms with Gasteiger partial charge in [-0.15, -0.1) is 0 Å². The van der Waals surface area contributed by atoms with Crippen molar-refractivity contribution in [3.8, 4) is 0 Å². The Bertz CT molecular complexity index is 673. The van der Waals surface area contributed by atoms with E-state index in [1.165, 1.54) is 9.87 Å². The van der Waals surface area contributed by atoms with Crippen molar-refractivity contribution in [1.82, 2.24) is 9.21 Å². The van der Waals surface area contributed by atoms with E-state index in [1.807, 2.05) is 17.0 Å². The molecular formula is C18H26N2O3S. The van der Waals surface area contributed by atoms with Gasteiger partial charge in [0.1, 0.15) is 0 Å². The van der Waals surface area contributed by atoms with Crippen molar-refractivity contribution < 1.29 is 13.2 Å². The lowest BCUT2D eigenvalue weighted by Crippen LogP contribution is -2.50. The highest BCUT2D eigenvalue weighted by atomic mass is 32.2. The summed E-state index contributed by atoms with van der Waals surface area (Å²) in [6.07, 6.45) is 5.20. The van der Waals surface area contributed by atoms with E-state index in [0.29, 0.717) is 31.1 Å². The fourth-order valence-electron chi connectivity index (χ4n) is 3.10. The molecule has 0 spiro atoms. The van der Waals surface area contributed by atoms with Crippen LogP contribution in [0.4, 0.5) is 0 Å². The quantitative estimate of drug-likeness (QED) is 0.791. The Balaban J connectivity index is 1.62. The Morgan fingerprint density at radius 2 is 1.71 bits per heavy atom. The summed E-state index contributed by atoms with van der Waals surface area (Å²) in [7, 11) is -3.46. The van der Waals surface area contributed by atoms with Gasteiger partial charge in [-0.3, -0.25) is 4.79 Å². The van der Waals surface area contributed by atoms with Crippen LogP contribution in [0.1, 0.15) is 38.2 Å². The topological polar surface area (TPSA) is 57.7 Å². The largest absolute Gasteiger partial charge is 0.340 e. The molecule has 1 aliphatic heterocycles. The van der Waals surface area contributed by atoms with E-state index in [2.05, 4.69) is 6.92 Å². The number of nitrogens with zero attached hydrogens (tertiary/aromatic N) is 2. The van der Waals surface area contributed by atoms with Gasteiger partial charge in [-0.1, -0.05) is 25.5 Å². The average molecular weight is 350 g/mol. The summed E-state index contributed by atoms with van der Waals surface area (Å²) >= 11 is 0. The van der Waals surface area contributed by atoms with Crippen LogP contribution in [-0.2, 0) is 21.2 Å². The minimum absolute atomic E-state index is 0.198. The van der Waals surface area contributed by atoms with Gasteiger partial charge in [-0.25, -0.2) is 8.42 Å². The number of sulfonamides is 1. The van der Waals surface area contributed by atoms with Gasteiger partial charge in [0, 0.05) is 32.1 Å². The van der Waals surface area contributed by atoms with Crippen molar-refractivity contribution in [2.75, 3.05) is 26.2 Å². The van der Waals surface area contributed by atoms with Crippen LogP contribution < -0.4 is 0 Å². The number of hydrogen-bond acceptors (Lipinski definition) is 3. The molecule has 0 unspecified atom stereocenters. The second-order valence-electron chi connectivity index (χ2n) is 6.75. The van der Waals surface area contributed by atoms with E-state index in [-0.39, 0.29) is 11.8 Å². The van der Waals surface area contributed by atoms with Crippen molar-refractivity contribution in [3.63, 3.8) is 0 Å². The smallest absolute Gasteiger partial charge is 0.243 e. The standard InChI is InChI=1S/C18H26N2O3S/c1-2-3-4-15-5-9-17(10-6-15)24(22,23)20-13-11-19(12-14-20)18(21)16-7-8-16/h5-6,9-10,16H,2-4,7-8,11-14H2,1H3. The van der Waals surface area contributed by atoms with Crippen molar-refractivity contribution >= 4 is 15.9 Å². The number of carbonyl (C=O) groups is 1. The van der Waals surface area contributed by atoms with Gasteiger partial charge in [0.2, 0.25) is 15.9 Å². The zero-order chi connectivity index (χ0) is 17.2. The highest BCUT2D eigenvalue weighted by molar-refractivity contribution is 7.89. The third-order valence-electron chi connectivity index (χ3n) is 4.86. The molecule has 0 atom stereocenters. The molecule has 0 aromatic heterocycles. The third kappa shape index (κ3) is 3.81. The monoisotopic (exact) mass is 350 g/mol. The highest BCUT2D eigenvalue weighted by Crippen LogP contribution is 2.31. The van der Waals surface area contributed by atoms with Gasteiger partial charge in [0.25, 0.3) is 0 Å². The Hall–Kier alpha value is -1.40. The van der Waals surface area contributed by atoms with Crippen LogP contribution in [0.3, 0.4) is 0 Å². The first-order valence-corrected chi connectivity index (χ1v) is 10.3. The molecule has 1 aromatic carbocycles. The van der Waals surface area contributed by atoms with Crippen LogP contribution in [0.2, 0.25) is 0 Å². The summed E-state index contributed by atoms with van der Waals surface area (Å²) in [5.74, 6) is 0.399. The third-order valence-corrected chi connectivity index (χ3v) is 6.77. The van der Waals surface area contributed by atoms with E-state index >= 15 is 0 Å². The molecule has 0 N–H and O–H groups in total. The number of benzene rings is 1. The molecule has 1 saturated carbocycles. The number of unbranched alkanes of at least 4 members (excludes halogenated alkanes) is 1. The van der Waals surface area contributed by atoms with Crippen LogP contribution in [0.5, 0.6) is 0 Å². The first-order valence-electron chi connectivity index (χ1n) is 8.90. The lowest BCUT2D eigenvalue weighted by molar-refractivity contribution is -0.133. The maximum Gasteiger partial charge on any atom is 0.243 e. The van der Waals surface area contributed by atoms with Crippen LogP contribution in [0, 0.1) is 5.92 Å². The average Bonchev–Trinajstić information content (AvgIpc) is 3.45. The molecule has 2 aliphatic rings. The minimum Gasteiger partial charge on any atom is -0.340 e. The summed E-state index contributed by atoms with van der Waals surface area (Å²) in [5.41, 5.74) is 1.18. The molecule has 2 fully saturated rings. The van der Waals surface area contributed by atoms with Gasteiger partial charge in [-0.05, 0) is 43.4 Å². The van der Waals surface area contributed by atoms with Crippen LogP contribution >= 0.6 is 0 Å². The molecule has 5 nitrogen and oxygen atoms in total. The molecule has 1 saturated heterocycles. The number of amides is 1. The first kappa shape index (κ1) is 17.4. The molecule has 6 heteroatoms. The van der Waals surface area contributed by atoms with Gasteiger partial charge in [0.15, 0.2) is 0 Å². The van der Waals surface area contributed by atoms with Gasteiger partial charge < -0.3 is 4.90 Å². The van der Waals surface area contributed by atoms with Crippen molar-refractivity contribution in [2.24, 2.45) is 5.92 Å². The van der Waals surface area contributed by atoms with E-state index in [0.717, 1.165) is 32.1 Å². The van der Waals surface area contributed by atoms with E-state index in [1.54, 1.807) is 12.1 Å². The van der Waals surface area contributed by atoms with Crippen LogP contribution in [0.15, 0.2) is 29.2 Å². The summed E-state index contributed by atoms with van der Waals surface area (Å²) in [6, 6.07) is 7.24. The van der Waals surface area contributed by atoms with Crippen molar-refractivity contribution in [1.29, 1.82) is 0 Å². The zero-order valence-corrected chi connectivity index (χ0v) is 15.1. The maximum absolute atomic E-state index is 12.8. The summed E-state index contributed by atoms with van der Waals surface area (Å²) in [6.45, 7) is 3.93. The predicted octanol–water partition coefficient (Wildman–Crippen LogP) is 2.27. The Labute approximate surface area is 144 Å². The molecule has 3 rings (SSSR count). The number of carbonyl (C=O) groups excluding carboxylic acids is 1. The molecule has 1 aliphatic carbocycles. The fourth-order valence-corrected chi connectivity index (χ4v) is 4.52. The Morgan fingerprint density at radius 1 is 1.08 bits per heavy atom. The second-order valence-corrected chi connectivity index (χ2v) is 8.69. The zero-order valence-electron chi connectivity index (χ0n) is 14.3. The van der Waals surface area contributed by atoms with E-state index < -0.39 is 10.0 Å². The van der Waals surface area contributed by atoms with Gasteiger partial charge >= 0.3 is 0 Å². The molecule has 24 heavy (non-hydrogen) atoms. The predicted molar refractivity (Wildman–Crippen MR) is 93.1 cm³/mol. The van der Waals surface area contributed by atoms with Gasteiger partial charge in [0.05, 0.1) is 4.90 Å². The fraction of sp³-hybridized carbons (Fsp3) is 0.611. The van der Waals surface area contributed by atoms with Crippen molar-refractivity contribution in [3.05, 3.63) is 29.8 Å². The molecular weight excluding hydrogens is 324 g/mol. The maximum atomic E-state index is 12.8. The molecule has 0 bridgehead atoms. The second kappa shape index (κ2) is 7.23. The molecule has 1 amide bonds. The number of hydrogen-bond donors (Lipinski definition) is 0. The summed E-state index contributed by atoms with van der Waals surface area (Å²) in [4.78, 5) is 14.2.